The van der Waals surface area contributed by atoms with Crippen molar-refractivity contribution in [1.29, 1.82) is 0 Å². The summed E-state index contributed by atoms with van der Waals surface area (Å²) in [7, 11) is -4.36. The topological polar surface area (TPSA) is 88.6 Å². The number of benzene rings is 1. The van der Waals surface area contributed by atoms with Crippen molar-refractivity contribution in [2.24, 2.45) is 5.41 Å². The molecule has 0 saturated carbocycles. The summed E-state index contributed by atoms with van der Waals surface area (Å²) in [6.45, 7) is 8.01. The third-order valence-corrected chi connectivity index (χ3v) is 8.75. The Balaban J connectivity index is 1.77. The third-order valence-electron chi connectivity index (χ3n) is 7.85. The summed E-state index contributed by atoms with van der Waals surface area (Å²) in [6, 6.07) is 5.31. The van der Waals surface area contributed by atoms with Gasteiger partial charge in [-0.05, 0) is 69.8 Å². The van der Waals surface area contributed by atoms with Gasteiger partial charge in [-0.2, -0.15) is 8.42 Å². The van der Waals surface area contributed by atoms with Crippen LogP contribution in [0.2, 0.25) is 0 Å². The van der Waals surface area contributed by atoms with E-state index in [1.165, 1.54) is 6.07 Å². The van der Waals surface area contributed by atoms with E-state index in [4.69, 9.17) is 9.40 Å². The van der Waals surface area contributed by atoms with E-state index in [-0.39, 0.29) is 16.4 Å². The van der Waals surface area contributed by atoms with Crippen molar-refractivity contribution in [3.63, 3.8) is 0 Å². The molecule has 0 unspecified atom stereocenters. The summed E-state index contributed by atoms with van der Waals surface area (Å²) in [6.07, 6.45) is 6.25. The number of aromatic nitrogens is 2. The molecule has 1 aromatic carbocycles. The van der Waals surface area contributed by atoms with Crippen LogP contribution in [0.25, 0.3) is 16.6 Å². The number of hydrogen-bond acceptors (Lipinski definition) is 5. The fourth-order valence-electron chi connectivity index (χ4n) is 6.30. The predicted octanol–water partition coefficient (Wildman–Crippen LogP) is 4.49. The highest BCUT2D eigenvalue weighted by molar-refractivity contribution is 7.86. The van der Waals surface area contributed by atoms with Crippen molar-refractivity contribution in [3.05, 3.63) is 52.9 Å². The van der Waals surface area contributed by atoms with Crippen LogP contribution in [-0.4, -0.2) is 40.5 Å². The van der Waals surface area contributed by atoms with Crippen molar-refractivity contribution in [1.82, 2.24) is 14.5 Å². The number of hydrogen-bond donors (Lipinski definition) is 1. The molecule has 1 saturated heterocycles. The maximum absolute atomic E-state index is 12.3. The Labute approximate surface area is 187 Å². The fraction of sp³-hybridized carbons (Fsp3) is 0.458. The molecule has 1 N–H and O–H groups in total. The van der Waals surface area contributed by atoms with E-state index in [9.17, 15) is 13.0 Å². The summed E-state index contributed by atoms with van der Waals surface area (Å²) in [5, 5.41) is 0.632. The van der Waals surface area contributed by atoms with E-state index >= 15 is 0 Å². The van der Waals surface area contributed by atoms with Gasteiger partial charge in [0, 0.05) is 23.0 Å². The summed E-state index contributed by atoms with van der Waals surface area (Å²) >= 11 is 0. The maximum atomic E-state index is 12.3. The summed E-state index contributed by atoms with van der Waals surface area (Å²) in [4.78, 5) is 7.26. The molecule has 0 amide bonds. The smallest absolute Gasteiger partial charge is 0.295 e. The van der Waals surface area contributed by atoms with Gasteiger partial charge in [0.1, 0.15) is 16.4 Å². The van der Waals surface area contributed by atoms with Crippen LogP contribution in [0, 0.1) is 19.3 Å². The minimum absolute atomic E-state index is 0.0163. The zero-order valence-corrected chi connectivity index (χ0v) is 19.4. The van der Waals surface area contributed by atoms with E-state index in [1.54, 1.807) is 6.07 Å². The molecule has 32 heavy (non-hydrogen) atoms. The highest BCUT2D eigenvalue weighted by Crippen LogP contribution is 2.58. The van der Waals surface area contributed by atoms with Crippen molar-refractivity contribution in [3.8, 4) is 0 Å². The lowest BCUT2D eigenvalue weighted by molar-refractivity contribution is 0.0269. The van der Waals surface area contributed by atoms with E-state index in [1.807, 2.05) is 19.9 Å². The van der Waals surface area contributed by atoms with Crippen LogP contribution in [0.1, 0.15) is 60.8 Å². The quantitative estimate of drug-likeness (QED) is 0.588. The van der Waals surface area contributed by atoms with Crippen LogP contribution in [-0.2, 0) is 16.5 Å². The zero-order chi connectivity index (χ0) is 22.4. The molecule has 7 nitrogen and oxygen atoms in total. The number of oxazole rings is 1. The first-order valence-corrected chi connectivity index (χ1v) is 12.7. The Morgan fingerprint density at radius 2 is 2.09 bits per heavy atom. The van der Waals surface area contributed by atoms with E-state index in [0.717, 1.165) is 72.7 Å². The second-order valence-corrected chi connectivity index (χ2v) is 10.8. The monoisotopic (exact) mass is 453 g/mol. The molecule has 0 aliphatic carbocycles. The van der Waals surface area contributed by atoms with Crippen LogP contribution in [0.3, 0.4) is 0 Å². The van der Waals surface area contributed by atoms with Crippen LogP contribution in [0.5, 0.6) is 0 Å². The molecule has 1 fully saturated rings. The lowest BCUT2D eigenvalue weighted by atomic mass is 9.66. The highest BCUT2D eigenvalue weighted by Gasteiger charge is 2.51. The zero-order valence-electron chi connectivity index (χ0n) is 18.6. The Hall–Kier alpha value is -2.42. The van der Waals surface area contributed by atoms with Gasteiger partial charge in [-0.15, -0.1) is 0 Å². The van der Waals surface area contributed by atoms with Crippen LogP contribution < -0.4 is 0 Å². The molecule has 8 heteroatoms. The number of fused-ring (bicyclic) bond motifs is 3. The third kappa shape index (κ3) is 2.54. The molecule has 3 aliphatic heterocycles. The van der Waals surface area contributed by atoms with Gasteiger partial charge in [-0.3, -0.25) is 9.45 Å². The molecule has 2 atom stereocenters. The van der Waals surface area contributed by atoms with Gasteiger partial charge in [0.2, 0.25) is 5.89 Å². The number of nitrogens with zero attached hydrogens (tertiary/aromatic N) is 3. The van der Waals surface area contributed by atoms with Gasteiger partial charge in [-0.1, -0.05) is 13.0 Å². The Morgan fingerprint density at radius 3 is 2.78 bits per heavy atom. The first-order chi connectivity index (χ1) is 15.2. The Bertz CT molecular complexity index is 1400. The standard InChI is InChI=1S/C24H27N3O4S/c1-4-24-10-6-11-26-12-9-16-20-17(7-5-8-19(20)32(28,29)30)27(21(16)22(24)26)18(13-24)23-25-14(2)15(3)31-23/h5,7-8,13,22H,4,6,9-12H2,1-3H3,(H,28,29,30)/t22-,24+/m1/s1. The molecule has 168 valence electrons. The SMILES string of the molecule is CC[C@@]12C=C(c3nc(C)c(C)o3)n3c4c(c5c(S(=O)(=O)O)cccc53)CCN(CCC1)[C@H]42. The van der Waals surface area contributed by atoms with Crippen molar-refractivity contribution < 1.29 is 17.4 Å². The van der Waals surface area contributed by atoms with Gasteiger partial charge in [0.25, 0.3) is 10.1 Å². The van der Waals surface area contributed by atoms with Crippen molar-refractivity contribution in [2.75, 3.05) is 13.1 Å². The average Bonchev–Trinajstić information content (AvgIpc) is 3.29. The number of piperidine rings is 1. The van der Waals surface area contributed by atoms with E-state index < -0.39 is 10.1 Å². The minimum atomic E-state index is -4.36. The predicted molar refractivity (Wildman–Crippen MR) is 121 cm³/mol. The lowest BCUT2D eigenvalue weighted by Gasteiger charge is -2.53. The normalized spacial score (nSPS) is 25.1. The molecule has 3 aliphatic rings. The van der Waals surface area contributed by atoms with Crippen LogP contribution in [0.15, 0.2) is 33.6 Å². The van der Waals surface area contributed by atoms with Crippen molar-refractivity contribution in [2.45, 2.75) is 57.4 Å². The van der Waals surface area contributed by atoms with Gasteiger partial charge < -0.3 is 8.98 Å². The molecule has 2 aromatic heterocycles. The minimum Gasteiger partial charge on any atom is -0.440 e. The summed E-state index contributed by atoms with van der Waals surface area (Å²) < 4.78 is 43.0. The molecular weight excluding hydrogens is 426 g/mol. The van der Waals surface area contributed by atoms with Gasteiger partial charge >= 0.3 is 0 Å². The molecule has 5 heterocycles. The Morgan fingerprint density at radius 1 is 1.28 bits per heavy atom. The highest BCUT2D eigenvalue weighted by atomic mass is 32.2. The second-order valence-electron chi connectivity index (χ2n) is 9.39. The van der Waals surface area contributed by atoms with Crippen LogP contribution in [0.4, 0.5) is 0 Å². The molecule has 0 bridgehead atoms. The largest absolute Gasteiger partial charge is 0.440 e. The molecule has 6 rings (SSSR count). The molecular formula is C24H27N3O4S. The molecule has 0 spiro atoms. The summed E-state index contributed by atoms with van der Waals surface area (Å²) in [5.74, 6) is 1.34. The average molecular weight is 454 g/mol. The van der Waals surface area contributed by atoms with Crippen LogP contribution >= 0.6 is 0 Å². The first-order valence-electron chi connectivity index (χ1n) is 11.3. The maximum Gasteiger partial charge on any atom is 0.295 e. The second kappa shape index (κ2) is 6.56. The molecule has 0 radical (unpaired) electrons. The van der Waals surface area contributed by atoms with Crippen molar-refractivity contribution >= 4 is 26.7 Å². The van der Waals surface area contributed by atoms with Gasteiger partial charge in [0.15, 0.2) is 0 Å². The number of aryl methyl sites for hydroxylation is 2. The van der Waals surface area contributed by atoms with E-state index in [0.29, 0.717) is 11.3 Å². The lowest BCUT2D eigenvalue weighted by Crippen LogP contribution is -2.50. The number of rotatable bonds is 3. The fourth-order valence-corrected chi connectivity index (χ4v) is 7.04. The first kappa shape index (κ1) is 20.2. The Kier molecular flexibility index (Phi) is 4.14. The summed E-state index contributed by atoms with van der Waals surface area (Å²) in [5.41, 5.74) is 4.60. The van der Waals surface area contributed by atoms with Gasteiger partial charge in [-0.25, -0.2) is 4.98 Å². The van der Waals surface area contributed by atoms with E-state index in [2.05, 4.69) is 22.5 Å². The van der Waals surface area contributed by atoms with Gasteiger partial charge in [0.05, 0.1) is 17.3 Å². The molecule has 3 aromatic rings.